The molecular weight excluding hydrogens is 534 g/mol. The predicted octanol–water partition coefficient (Wildman–Crippen LogP) is 2.24. The fourth-order valence-corrected chi connectivity index (χ4v) is 6.10. The molecule has 3 heterocycles. The maximum atomic E-state index is 14.2. The maximum Gasteiger partial charge on any atom is 0.338 e. The fraction of sp³-hybridized carbons (Fsp3) is 0.207. The molecule has 0 fully saturated rings. The fourth-order valence-electron chi connectivity index (χ4n) is 4.96. The van der Waals surface area contributed by atoms with Gasteiger partial charge >= 0.3 is 11.9 Å². The number of benzene rings is 2. The minimum absolute atomic E-state index is 0.153. The summed E-state index contributed by atoms with van der Waals surface area (Å²) in [6.45, 7) is 6.96. The van der Waals surface area contributed by atoms with Crippen LogP contribution in [-0.4, -0.2) is 43.2 Å². The number of carbonyl (C=O) groups is 3. The number of hydrogen-bond acceptors (Lipinski definition) is 9. The lowest BCUT2D eigenvalue weighted by Gasteiger charge is -2.25. The van der Waals surface area contributed by atoms with Gasteiger partial charge in [0.1, 0.15) is 4.53 Å². The number of allylic oxidation sites excluding steroid dienone is 1. The van der Waals surface area contributed by atoms with Gasteiger partial charge in [0.05, 0.1) is 42.8 Å². The molecule has 3 aromatic rings. The zero-order valence-corrected chi connectivity index (χ0v) is 23.0. The van der Waals surface area contributed by atoms with Crippen LogP contribution in [0.3, 0.4) is 0 Å². The third-order valence-electron chi connectivity index (χ3n) is 6.62. The van der Waals surface area contributed by atoms with E-state index in [0.29, 0.717) is 27.3 Å². The zero-order chi connectivity index (χ0) is 28.7. The Morgan fingerprint density at radius 1 is 1.12 bits per heavy atom. The highest BCUT2D eigenvalue weighted by Crippen LogP contribution is 2.37. The van der Waals surface area contributed by atoms with Crippen LogP contribution in [0.2, 0.25) is 0 Å². The van der Waals surface area contributed by atoms with E-state index in [1.807, 2.05) is 12.1 Å². The van der Waals surface area contributed by atoms with Crippen molar-refractivity contribution in [1.29, 1.82) is 0 Å². The summed E-state index contributed by atoms with van der Waals surface area (Å²) in [4.78, 5) is 58.8. The Morgan fingerprint density at radius 3 is 2.55 bits per heavy atom. The highest BCUT2D eigenvalue weighted by molar-refractivity contribution is 7.07. The first-order chi connectivity index (χ1) is 19.2. The second-order valence-corrected chi connectivity index (χ2v) is 9.97. The van der Waals surface area contributed by atoms with E-state index in [4.69, 9.17) is 14.2 Å². The van der Waals surface area contributed by atoms with E-state index >= 15 is 0 Å². The number of carbonyl (C=O) groups excluding carboxylic acids is 3. The van der Waals surface area contributed by atoms with Gasteiger partial charge in [0.15, 0.2) is 16.3 Å². The molecule has 0 N–H and O–H groups in total. The lowest BCUT2D eigenvalue weighted by molar-refractivity contribution is -0.136. The van der Waals surface area contributed by atoms with Gasteiger partial charge in [0, 0.05) is 19.0 Å². The first-order valence-electron chi connectivity index (χ1n) is 12.2. The van der Waals surface area contributed by atoms with Gasteiger partial charge in [-0.2, -0.15) is 0 Å². The number of rotatable bonds is 6. The van der Waals surface area contributed by atoms with Crippen molar-refractivity contribution in [2.75, 3.05) is 25.7 Å². The molecule has 10 nitrogen and oxygen atoms in total. The molecule has 40 heavy (non-hydrogen) atoms. The molecule has 1 atom stereocenters. The Morgan fingerprint density at radius 2 is 1.88 bits per heavy atom. The quantitative estimate of drug-likeness (QED) is 0.258. The monoisotopic (exact) mass is 559 g/mol. The number of esters is 2. The lowest BCUT2D eigenvalue weighted by atomic mass is 9.95. The van der Waals surface area contributed by atoms with Gasteiger partial charge in [0.2, 0.25) is 0 Å². The van der Waals surface area contributed by atoms with Crippen molar-refractivity contribution in [3.05, 3.63) is 97.2 Å². The minimum Gasteiger partial charge on any atom is -0.493 e. The Balaban J connectivity index is 1.80. The number of aromatic nitrogens is 1. The third-order valence-corrected chi connectivity index (χ3v) is 7.68. The number of amides is 1. The Labute approximate surface area is 232 Å². The van der Waals surface area contributed by atoms with E-state index in [9.17, 15) is 19.2 Å². The highest BCUT2D eigenvalue weighted by Gasteiger charge is 2.37. The van der Waals surface area contributed by atoms with Crippen LogP contribution in [-0.2, 0) is 19.1 Å². The number of fused-ring (bicyclic) bond motifs is 2. The summed E-state index contributed by atoms with van der Waals surface area (Å²) in [5, 5.41) is 0. The molecule has 1 aromatic heterocycles. The van der Waals surface area contributed by atoms with E-state index in [0.717, 1.165) is 11.3 Å². The van der Waals surface area contributed by atoms with Gasteiger partial charge in [-0.15, -0.1) is 6.58 Å². The van der Waals surface area contributed by atoms with Crippen LogP contribution < -0.4 is 29.3 Å². The van der Waals surface area contributed by atoms with Gasteiger partial charge in [0.25, 0.3) is 11.5 Å². The van der Waals surface area contributed by atoms with Crippen LogP contribution in [0.4, 0.5) is 5.69 Å². The standard InChI is InChI=1S/C29H25N3O7S/c1-6-13-31-19-10-8-7-9-18(19)23(26(31)34)25-27(35)32-24(22(28(36)38-5)15(2)30-29(32)40-25)17-11-12-20(39-16(3)33)21(14-17)37-4/h6-12,14,24H,1,13H2,2-5H3. The number of methoxy groups -OCH3 is 2. The number of anilines is 1. The van der Waals surface area contributed by atoms with E-state index < -0.39 is 23.5 Å². The molecule has 0 saturated carbocycles. The predicted molar refractivity (Wildman–Crippen MR) is 148 cm³/mol. The van der Waals surface area contributed by atoms with Crippen molar-refractivity contribution in [3.63, 3.8) is 0 Å². The van der Waals surface area contributed by atoms with E-state index in [-0.39, 0.29) is 39.6 Å². The summed E-state index contributed by atoms with van der Waals surface area (Å²) < 4.78 is 17.3. The highest BCUT2D eigenvalue weighted by atomic mass is 32.1. The Hall–Kier alpha value is -4.77. The number of thiazole rings is 1. The summed E-state index contributed by atoms with van der Waals surface area (Å²) in [7, 11) is 2.67. The summed E-state index contributed by atoms with van der Waals surface area (Å²) in [5.41, 5.74) is 2.11. The molecular formula is C29H25N3O7S. The van der Waals surface area contributed by atoms with Gasteiger partial charge < -0.3 is 19.1 Å². The average molecular weight is 560 g/mol. The topological polar surface area (TPSA) is 117 Å². The number of hydrogen-bond donors (Lipinski definition) is 0. The van der Waals surface area contributed by atoms with Crippen molar-refractivity contribution in [3.8, 4) is 11.5 Å². The largest absolute Gasteiger partial charge is 0.493 e. The van der Waals surface area contributed by atoms with Crippen molar-refractivity contribution in [1.82, 2.24) is 4.57 Å². The SMILES string of the molecule is C=CCN1C(=O)C(=c2sc3n(c2=O)C(c2ccc(OC(C)=O)c(OC)c2)C(C(=O)OC)=C(C)N=3)c2ccccc21. The third kappa shape index (κ3) is 4.24. The molecule has 1 amide bonds. The molecule has 0 bridgehead atoms. The maximum absolute atomic E-state index is 14.2. The molecule has 2 aliphatic rings. The van der Waals surface area contributed by atoms with Crippen molar-refractivity contribution >= 4 is 40.4 Å². The van der Waals surface area contributed by atoms with Crippen LogP contribution >= 0.6 is 11.3 Å². The zero-order valence-electron chi connectivity index (χ0n) is 22.2. The second kappa shape index (κ2) is 10.4. The molecule has 0 radical (unpaired) electrons. The summed E-state index contributed by atoms with van der Waals surface area (Å²) in [6, 6.07) is 11.1. The van der Waals surface area contributed by atoms with Crippen LogP contribution in [0, 0.1) is 0 Å². The van der Waals surface area contributed by atoms with Gasteiger partial charge in [-0.3, -0.25) is 19.0 Å². The first kappa shape index (κ1) is 26.8. The molecule has 0 spiro atoms. The molecule has 0 aliphatic carbocycles. The van der Waals surface area contributed by atoms with E-state index in [2.05, 4.69) is 11.6 Å². The number of para-hydroxylation sites is 1. The van der Waals surface area contributed by atoms with Crippen LogP contribution in [0.1, 0.15) is 31.0 Å². The minimum atomic E-state index is -0.950. The van der Waals surface area contributed by atoms with Crippen LogP contribution in [0.15, 0.2) is 76.2 Å². The molecule has 204 valence electrons. The summed E-state index contributed by atoms with van der Waals surface area (Å²) in [5.74, 6) is -1.09. The average Bonchev–Trinajstić information content (AvgIpc) is 3.40. The summed E-state index contributed by atoms with van der Waals surface area (Å²) >= 11 is 1.08. The normalized spacial score (nSPS) is 17.1. The van der Waals surface area contributed by atoms with Crippen LogP contribution in [0.5, 0.6) is 11.5 Å². The molecule has 2 aliphatic heterocycles. The van der Waals surface area contributed by atoms with E-state index in [1.165, 1.54) is 31.8 Å². The molecule has 0 saturated heterocycles. The van der Waals surface area contributed by atoms with Crippen molar-refractivity contribution < 1.29 is 28.6 Å². The smallest absolute Gasteiger partial charge is 0.338 e. The molecule has 2 aromatic carbocycles. The molecule has 11 heteroatoms. The van der Waals surface area contributed by atoms with Crippen molar-refractivity contribution in [2.45, 2.75) is 19.9 Å². The first-order valence-corrected chi connectivity index (χ1v) is 13.0. The Bertz CT molecular complexity index is 1820. The van der Waals surface area contributed by atoms with E-state index in [1.54, 1.807) is 42.2 Å². The molecule has 1 unspecified atom stereocenters. The second-order valence-electron chi connectivity index (χ2n) is 8.99. The van der Waals surface area contributed by atoms with Crippen LogP contribution in [0.25, 0.3) is 5.57 Å². The molecule has 5 rings (SSSR count). The number of ether oxygens (including phenoxy) is 3. The summed E-state index contributed by atoms with van der Waals surface area (Å²) in [6.07, 6.45) is 1.62. The Kier molecular flexibility index (Phi) is 6.99. The lowest BCUT2D eigenvalue weighted by Crippen LogP contribution is -2.40. The van der Waals surface area contributed by atoms with Gasteiger partial charge in [-0.05, 0) is 30.7 Å². The van der Waals surface area contributed by atoms with Gasteiger partial charge in [-0.25, -0.2) is 9.79 Å². The van der Waals surface area contributed by atoms with Crippen molar-refractivity contribution in [2.24, 2.45) is 4.99 Å². The van der Waals surface area contributed by atoms with Gasteiger partial charge in [-0.1, -0.05) is 41.7 Å². The number of nitrogens with zero attached hydrogens (tertiary/aromatic N) is 3.